The molecule has 2 aromatic rings. The van der Waals surface area contributed by atoms with Crippen LogP contribution in [0.3, 0.4) is 0 Å². The SMILES string of the molecule is [C-]#[N+]c1sc(N=Nc2ccc(N(CC)CCOCCOC)cc2C)c(C#N)c1C. The number of hydrogen-bond acceptors (Lipinski definition) is 7. The number of hydrogen-bond donors (Lipinski definition) is 0. The average molecular weight is 412 g/mol. The molecule has 0 amide bonds. The fraction of sp³-hybridized carbons (Fsp3) is 0.429. The van der Waals surface area contributed by atoms with Crippen molar-refractivity contribution >= 4 is 32.7 Å². The molecule has 8 heteroatoms. The Bertz CT molecular complexity index is 940. The predicted molar refractivity (Wildman–Crippen MR) is 116 cm³/mol. The van der Waals surface area contributed by atoms with Crippen molar-refractivity contribution in [3.63, 3.8) is 0 Å². The fourth-order valence-corrected chi connectivity index (χ4v) is 3.60. The molecule has 0 saturated carbocycles. The van der Waals surface area contributed by atoms with Crippen LogP contribution in [0, 0.1) is 31.8 Å². The highest BCUT2D eigenvalue weighted by Gasteiger charge is 2.14. The Morgan fingerprint density at radius 2 is 2.03 bits per heavy atom. The fourth-order valence-electron chi connectivity index (χ4n) is 2.73. The molecule has 0 unspecified atom stereocenters. The van der Waals surface area contributed by atoms with Crippen molar-refractivity contribution in [2.75, 3.05) is 44.9 Å². The molecule has 0 fully saturated rings. The Balaban J connectivity index is 2.12. The number of anilines is 1. The van der Waals surface area contributed by atoms with Crippen molar-refractivity contribution in [1.29, 1.82) is 5.26 Å². The summed E-state index contributed by atoms with van der Waals surface area (Å²) in [6, 6.07) is 8.12. The Kier molecular flexibility index (Phi) is 8.75. The van der Waals surface area contributed by atoms with Crippen molar-refractivity contribution in [2.24, 2.45) is 10.2 Å². The molecule has 0 aliphatic rings. The lowest BCUT2D eigenvalue weighted by atomic mass is 10.1. The molecule has 0 saturated heterocycles. The second kappa shape index (κ2) is 11.3. The van der Waals surface area contributed by atoms with Crippen LogP contribution in [0.15, 0.2) is 28.4 Å². The predicted octanol–water partition coefficient (Wildman–Crippen LogP) is 5.69. The summed E-state index contributed by atoms with van der Waals surface area (Å²) in [5.74, 6) is 0. The first kappa shape index (κ1) is 22.5. The first-order chi connectivity index (χ1) is 14.0. The van der Waals surface area contributed by atoms with Gasteiger partial charge in [-0.25, -0.2) is 4.85 Å². The van der Waals surface area contributed by atoms with Gasteiger partial charge in [0.25, 0.3) is 0 Å². The number of ether oxygens (including phenoxy) is 2. The summed E-state index contributed by atoms with van der Waals surface area (Å²) in [4.78, 5) is 5.68. The zero-order chi connectivity index (χ0) is 21.2. The summed E-state index contributed by atoms with van der Waals surface area (Å²) < 4.78 is 10.5. The van der Waals surface area contributed by atoms with Gasteiger partial charge in [-0.2, -0.15) is 5.26 Å². The van der Waals surface area contributed by atoms with Gasteiger partial charge in [-0.05, 0) is 50.1 Å². The Morgan fingerprint density at radius 3 is 2.66 bits per heavy atom. The number of methoxy groups -OCH3 is 1. The van der Waals surface area contributed by atoms with E-state index in [1.165, 1.54) is 11.3 Å². The number of nitriles is 1. The van der Waals surface area contributed by atoms with Gasteiger partial charge >= 0.3 is 0 Å². The van der Waals surface area contributed by atoms with Crippen LogP contribution >= 0.6 is 11.3 Å². The highest BCUT2D eigenvalue weighted by Crippen LogP contribution is 2.41. The van der Waals surface area contributed by atoms with Crippen LogP contribution in [-0.2, 0) is 9.47 Å². The van der Waals surface area contributed by atoms with Crippen molar-refractivity contribution in [3.8, 4) is 6.07 Å². The first-order valence-electron chi connectivity index (χ1n) is 9.30. The molecule has 0 bridgehead atoms. The number of nitrogens with zero attached hydrogens (tertiary/aromatic N) is 5. The second-order valence-corrected chi connectivity index (χ2v) is 7.27. The molecule has 0 N–H and O–H groups in total. The molecule has 1 heterocycles. The highest BCUT2D eigenvalue weighted by molar-refractivity contribution is 7.20. The minimum atomic E-state index is 0.421. The van der Waals surface area contributed by atoms with Gasteiger partial charge in [0.1, 0.15) is 11.1 Å². The first-order valence-corrected chi connectivity index (χ1v) is 10.1. The van der Waals surface area contributed by atoms with Gasteiger partial charge in [0.2, 0.25) is 5.00 Å². The molecular weight excluding hydrogens is 386 g/mol. The van der Waals surface area contributed by atoms with E-state index in [4.69, 9.17) is 16.0 Å². The maximum absolute atomic E-state index is 9.33. The van der Waals surface area contributed by atoms with E-state index in [1.807, 2.05) is 19.1 Å². The summed E-state index contributed by atoms with van der Waals surface area (Å²) in [5, 5.41) is 18.9. The number of benzene rings is 1. The third-order valence-electron chi connectivity index (χ3n) is 4.43. The maximum atomic E-state index is 9.33. The molecule has 0 aliphatic carbocycles. The molecule has 29 heavy (non-hydrogen) atoms. The third kappa shape index (κ3) is 5.85. The third-order valence-corrected chi connectivity index (χ3v) is 5.50. The molecule has 0 spiro atoms. The topological polar surface area (TPSA) is 74.6 Å². The zero-order valence-corrected chi connectivity index (χ0v) is 18.0. The monoisotopic (exact) mass is 411 g/mol. The quantitative estimate of drug-likeness (QED) is 0.286. The molecule has 7 nitrogen and oxygen atoms in total. The molecule has 0 radical (unpaired) electrons. The van der Waals surface area contributed by atoms with E-state index in [2.05, 4.69) is 39.0 Å². The second-order valence-electron chi connectivity index (χ2n) is 6.29. The van der Waals surface area contributed by atoms with Gasteiger partial charge < -0.3 is 14.4 Å². The van der Waals surface area contributed by atoms with Crippen molar-refractivity contribution in [1.82, 2.24) is 0 Å². The number of azo groups is 1. The van der Waals surface area contributed by atoms with Gasteiger partial charge in [0.05, 0.1) is 37.6 Å². The Hall–Kier alpha value is -2.78. The maximum Gasteiger partial charge on any atom is 0.247 e. The van der Waals surface area contributed by atoms with Gasteiger partial charge in [0, 0.05) is 25.9 Å². The minimum absolute atomic E-state index is 0.421. The Labute approximate surface area is 176 Å². The van der Waals surface area contributed by atoms with Crippen molar-refractivity contribution in [3.05, 3.63) is 46.3 Å². The average Bonchev–Trinajstić information content (AvgIpc) is 3.04. The van der Waals surface area contributed by atoms with E-state index < -0.39 is 0 Å². The van der Waals surface area contributed by atoms with Crippen LogP contribution in [0.25, 0.3) is 4.85 Å². The van der Waals surface area contributed by atoms with Gasteiger partial charge in [0.15, 0.2) is 0 Å². The summed E-state index contributed by atoms with van der Waals surface area (Å²) >= 11 is 1.19. The highest BCUT2D eigenvalue weighted by atomic mass is 32.1. The van der Waals surface area contributed by atoms with E-state index >= 15 is 0 Å². The van der Waals surface area contributed by atoms with Crippen LogP contribution in [-0.4, -0.2) is 40.0 Å². The molecule has 0 aliphatic heterocycles. The van der Waals surface area contributed by atoms with E-state index in [0.717, 1.165) is 30.0 Å². The standard InChI is InChI=1S/C21H25N5O2S/c1-6-26(9-10-28-12-11-27-5)17-7-8-19(15(2)13-17)24-25-21-18(14-22)16(3)20(23-4)29-21/h7-8,13H,6,9-12H2,1-3,5H3. The number of thiophene rings is 1. The lowest BCUT2D eigenvalue weighted by Gasteiger charge is -2.23. The zero-order valence-electron chi connectivity index (χ0n) is 17.2. The normalized spacial score (nSPS) is 10.8. The largest absolute Gasteiger partial charge is 0.382 e. The number of likely N-dealkylation sites (N-methyl/N-ethyl adjacent to an activating group) is 1. The van der Waals surface area contributed by atoms with Crippen LogP contribution < -0.4 is 4.90 Å². The van der Waals surface area contributed by atoms with Crippen LogP contribution in [0.1, 0.15) is 23.6 Å². The lowest BCUT2D eigenvalue weighted by Crippen LogP contribution is -2.27. The molecule has 2 rings (SSSR count). The van der Waals surface area contributed by atoms with Crippen molar-refractivity contribution < 1.29 is 9.47 Å². The molecular formula is C21H25N5O2S. The summed E-state index contributed by atoms with van der Waals surface area (Å²) in [6.45, 7) is 16.5. The van der Waals surface area contributed by atoms with Gasteiger partial charge in [-0.15, -0.1) is 21.6 Å². The number of rotatable bonds is 10. The van der Waals surface area contributed by atoms with E-state index in [1.54, 1.807) is 14.0 Å². The smallest absolute Gasteiger partial charge is 0.247 e. The van der Waals surface area contributed by atoms with E-state index in [0.29, 0.717) is 40.9 Å². The molecule has 152 valence electrons. The van der Waals surface area contributed by atoms with E-state index in [-0.39, 0.29) is 0 Å². The summed E-state index contributed by atoms with van der Waals surface area (Å²) in [6.07, 6.45) is 0. The minimum Gasteiger partial charge on any atom is -0.382 e. The number of aryl methyl sites for hydroxylation is 1. The summed E-state index contributed by atoms with van der Waals surface area (Å²) in [5.41, 5.74) is 3.91. The summed E-state index contributed by atoms with van der Waals surface area (Å²) in [7, 11) is 1.66. The van der Waals surface area contributed by atoms with Crippen LogP contribution in [0.5, 0.6) is 0 Å². The van der Waals surface area contributed by atoms with Crippen LogP contribution in [0.4, 0.5) is 21.4 Å². The Morgan fingerprint density at radius 1 is 1.24 bits per heavy atom. The molecule has 1 aromatic carbocycles. The van der Waals surface area contributed by atoms with E-state index in [9.17, 15) is 5.26 Å². The lowest BCUT2D eigenvalue weighted by molar-refractivity contribution is 0.0741. The van der Waals surface area contributed by atoms with Gasteiger partial charge in [-0.1, -0.05) is 0 Å². The molecule has 0 atom stereocenters. The molecule has 1 aromatic heterocycles. The van der Waals surface area contributed by atoms with Gasteiger partial charge in [-0.3, -0.25) is 0 Å². The van der Waals surface area contributed by atoms with Crippen molar-refractivity contribution in [2.45, 2.75) is 20.8 Å². The van der Waals surface area contributed by atoms with Crippen LogP contribution in [0.2, 0.25) is 0 Å².